The van der Waals surface area contributed by atoms with Crippen molar-refractivity contribution in [3.8, 4) is 0 Å². The van der Waals surface area contributed by atoms with Gasteiger partial charge < -0.3 is 4.74 Å². The van der Waals surface area contributed by atoms with Crippen LogP contribution in [0.4, 0.5) is 0 Å². The van der Waals surface area contributed by atoms with E-state index in [2.05, 4.69) is 20.8 Å². The van der Waals surface area contributed by atoms with Crippen molar-refractivity contribution in [1.82, 2.24) is 0 Å². The first-order valence-corrected chi connectivity index (χ1v) is 5.30. The van der Waals surface area contributed by atoms with Crippen LogP contribution in [0.3, 0.4) is 0 Å². The maximum atomic E-state index is 5.57. The van der Waals surface area contributed by atoms with E-state index in [-0.39, 0.29) is 0 Å². The predicted octanol–water partition coefficient (Wildman–Crippen LogP) is 3.24. The second-order valence-corrected chi connectivity index (χ2v) is 4.35. The van der Waals surface area contributed by atoms with Gasteiger partial charge in [-0.3, -0.25) is 0 Å². The van der Waals surface area contributed by atoms with Gasteiger partial charge in [0.2, 0.25) is 0 Å². The average molecular weight is 170 g/mol. The van der Waals surface area contributed by atoms with E-state index in [1.54, 1.807) is 0 Å². The maximum absolute atomic E-state index is 5.57. The number of hydrogen-bond donors (Lipinski definition) is 0. The van der Waals surface area contributed by atoms with E-state index in [0.29, 0.717) is 5.41 Å². The molecule has 0 amide bonds. The smallest absolute Gasteiger partial charge is 0.0522 e. The van der Waals surface area contributed by atoms with Gasteiger partial charge in [0.15, 0.2) is 0 Å². The van der Waals surface area contributed by atoms with Gasteiger partial charge >= 0.3 is 0 Å². The lowest BCUT2D eigenvalue weighted by Crippen LogP contribution is -2.37. The SMILES string of the molecule is CCCC1(C)COCCC1CC. The molecule has 12 heavy (non-hydrogen) atoms. The molecule has 0 aromatic carbocycles. The van der Waals surface area contributed by atoms with E-state index >= 15 is 0 Å². The molecule has 1 heteroatoms. The zero-order valence-corrected chi connectivity index (χ0v) is 8.73. The molecule has 0 aliphatic carbocycles. The lowest BCUT2D eigenvalue weighted by Gasteiger charge is -2.41. The van der Waals surface area contributed by atoms with Crippen LogP contribution < -0.4 is 0 Å². The van der Waals surface area contributed by atoms with Gasteiger partial charge in [-0.05, 0) is 24.2 Å². The zero-order valence-electron chi connectivity index (χ0n) is 8.73. The van der Waals surface area contributed by atoms with Gasteiger partial charge in [0.25, 0.3) is 0 Å². The van der Waals surface area contributed by atoms with Crippen LogP contribution in [0.5, 0.6) is 0 Å². The quantitative estimate of drug-likeness (QED) is 0.632. The van der Waals surface area contributed by atoms with E-state index in [1.807, 2.05) is 0 Å². The molecule has 1 rings (SSSR count). The molecule has 0 bridgehead atoms. The summed E-state index contributed by atoms with van der Waals surface area (Å²) in [5, 5.41) is 0. The van der Waals surface area contributed by atoms with Crippen molar-refractivity contribution >= 4 is 0 Å². The van der Waals surface area contributed by atoms with Crippen LogP contribution in [0.2, 0.25) is 0 Å². The summed E-state index contributed by atoms with van der Waals surface area (Å²) in [5.74, 6) is 0.895. The third-order valence-electron chi connectivity index (χ3n) is 3.34. The van der Waals surface area contributed by atoms with E-state index in [9.17, 15) is 0 Å². The van der Waals surface area contributed by atoms with Crippen molar-refractivity contribution in [2.75, 3.05) is 13.2 Å². The Kier molecular flexibility index (Phi) is 3.57. The highest BCUT2D eigenvalue weighted by molar-refractivity contribution is 4.84. The Morgan fingerprint density at radius 2 is 2.17 bits per heavy atom. The molecule has 0 N–H and O–H groups in total. The van der Waals surface area contributed by atoms with E-state index < -0.39 is 0 Å². The fraction of sp³-hybridized carbons (Fsp3) is 1.00. The van der Waals surface area contributed by atoms with Crippen LogP contribution in [0, 0.1) is 11.3 Å². The summed E-state index contributed by atoms with van der Waals surface area (Å²) in [6.45, 7) is 8.94. The van der Waals surface area contributed by atoms with Crippen LogP contribution in [-0.2, 0) is 4.74 Å². The van der Waals surface area contributed by atoms with Crippen LogP contribution >= 0.6 is 0 Å². The summed E-state index contributed by atoms with van der Waals surface area (Å²) < 4.78 is 5.57. The molecular formula is C11H22O. The minimum atomic E-state index is 0.474. The van der Waals surface area contributed by atoms with Crippen molar-refractivity contribution in [2.24, 2.45) is 11.3 Å². The average Bonchev–Trinajstić information content (AvgIpc) is 2.05. The van der Waals surface area contributed by atoms with Crippen molar-refractivity contribution in [3.05, 3.63) is 0 Å². The number of rotatable bonds is 3. The third kappa shape index (κ3) is 2.01. The second kappa shape index (κ2) is 4.27. The Morgan fingerprint density at radius 1 is 1.42 bits per heavy atom. The Hall–Kier alpha value is -0.0400. The molecule has 2 unspecified atom stereocenters. The molecule has 1 aliphatic heterocycles. The predicted molar refractivity (Wildman–Crippen MR) is 52.2 cm³/mol. The minimum Gasteiger partial charge on any atom is -0.381 e. The van der Waals surface area contributed by atoms with Crippen molar-refractivity contribution < 1.29 is 4.74 Å². The molecule has 0 spiro atoms. The highest BCUT2D eigenvalue weighted by Crippen LogP contribution is 2.39. The summed E-state index contributed by atoms with van der Waals surface area (Å²) in [7, 11) is 0. The van der Waals surface area contributed by atoms with E-state index in [0.717, 1.165) is 19.1 Å². The van der Waals surface area contributed by atoms with Gasteiger partial charge in [-0.2, -0.15) is 0 Å². The number of ether oxygens (including phenoxy) is 1. The van der Waals surface area contributed by atoms with Crippen LogP contribution in [0.1, 0.15) is 46.5 Å². The summed E-state index contributed by atoms with van der Waals surface area (Å²) in [6.07, 6.45) is 5.20. The highest BCUT2D eigenvalue weighted by Gasteiger charge is 2.34. The Labute approximate surface area is 76.5 Å². The maximum Gasteiger partial charge on any atom is 0.0522 e. The monoisotopic (exact) mass is 170 g/mol. The van der Waals surface area contributed by atoms with Crippen molar-refractivity contribution in [3.63, 3.8) is 0 Å². The Morgan fingerprint density at radius 3 is 2.75 bits per heavy atom. The van der Waals surface area contributed by atoms with Crippen molar-refractivity contribution in [1.29, 1.82) is 0 Å². The molecule has 0 radical (unpaired) electrons. The molecule has 1 nitrogen and oxygen atoms in total. The minimum absolute atomic E-state index is 0.474. The van der Waals surface area contributed by atoms with Gasteiger partial charge in [-0.1, -0.05) is 33.6 Å². The summed E-state index contributed by atoms with van der Waals surface area (Å²) in [5.41, 5.74) is 0.474. The van der Waals surface area contributed by atoms with Crippen molar-refractivity contribution in [2.45, 2.75) is 46.5 Å². The van der Waals surface area contributed by atoms with Gasteiger partial charge in [0.05, 0.1) is 6.61 Å². The topological polar surface area (TPSA) is 9.23 Å². The van der Waals surface area contributed by atoms with E-state index in [1.165, 1.54) is 25.7 Å². The lowest BCUT2D eigenvalue weighted by molar-refractivity contribution is -0.0479. The fourth-order valence-electron chi connectivity index (χ4n) is 2.54. The Balaban J connectivity index is 2.55. The lowest BCUT2D eigenvalue weighted by atomic mass is 9.70. The normalized spacial score (nSPS) is 36.8. The first-order chi connectivity index (χ1) is 5.73. The summed E-state index contributed by atoms with van der Waals surface area (Å²) in [4.78, 5) is 0. The molecule has 0 saturated carbocycles. The van der Waals surface area contributed by atoms with Crippen LogP contribution in [0.15, 0.2) is 0 Å². The molecule has 1 aliphatic rings. The second-order valence-electron chi connectivity index (χ2n) is 4.35. The van der Waals surface area contributed by atoms with Crippen LogP contribution in [-0.4, -0.2) is 13.2 Å². The molecular weight excluding hydrogens is 148 g/mol. The molecule has 0 aromatic heterocycles. The number of hydrogen-bond acceptors (Lipinski definition) is 1. The Bertz CT molecular complexity index is 129. The highest BCUT2D eigenvalue weighted by atomic mass is 16.5. The van der Waals surface area contributed by atoms with Crippen LogP contribution in [0.25, 0.3) is 0 Å². The molecule has 72 valence electrons. The van der Waals surface area contributed by atoms with Gasteiger partial charge in [-0.15, -0.1) is 0 Å². The van der Waals surface area contributed by atoms with Gasteiger partial charge in [0.1, 0.15) is 0 Å². The van der Waals surface area contributed by atoms with Gasteiger partial charge in [0, 0.05) is 6.61 Å². The summed E-state index contributed by atoms with van der Waals surface area (Å²) >= 11 is 0. The van der Waals surface area contributed by atoms with Gasteiger partial charge in [-0.25, -0.2) is 0 Å². The zero-order chi connectivity index (χ0) is 9.03. The first-order valence-electron chi connectivity index (χ1n) is 5.30. The summed E-state index contributed by atoms with van der Waals surface area (Å²) in [6, 6.07) is 0. The molecule has 1 saturated heterocycles. The largest absolute Gasteiger partial charge is 0.381 e. The fourth-order valence-corrected chi connectivity index (χ4v) is 2.54. The van der Waals surface area contributed by atoms with E-state index in [4.69, 9.17) is 4.74 Å². The first kappa shape index (κ1) is 10.0. The third-order valence-corrected chi connectivity index (χ3v) is 3.34. The molecule has 1 heterocycles. The standard InChI is InChI=1S/C11H22O/c1-4-7-11(3)9-12-8-6-10(11)5-2/h10H,4-9H2,1-3H3. The molecule has 0 aromatic rings. The molecule has 2 atom stereocenters. The molecule has 1 fully saturated rings.